The van der Waals surface area contributed by atoms with Gasteiger partial charge in [0.05, 0.1) is 40.6 Å². The van der Waals surface area contributed by atoms with Gasteiger partial charge < -0.3 is 38.6 Å². The predicted octanol–water partition coefficient (Wildman–Crippen LogP) is 2.91. The Morgan fingerprint density at radius 1 is 0.896 bits per heavy atom. The second-order valence-corrected chi connectivity index (χ2v) is 14.3. The van der Waals surface area contributed by atoms with E-state index in [1.165, 1.54) is 19.1 Å². The van der Waals surface area contributed by atoms with Crippen LogP contribution in [0.1, 0.15) is 85.5 Å². The van der Waals surface area contributed by atoms with E-state index in [0.717, 1.165) is 13.8 Å². The lowest BCUT2D eigenvalue weighted by atomic mass is 9.45. The van der Waals surface area contributed by atoms with Crippen LogP contribution < -0.4 is 0 Å². The van der Waals surface area contributed by atoms with Crippen molar-refractivity contribution < 1.29 is 62.6 Å². The summed E-state index contributed by atoms with van der Waals surface area (Å²) in [5.41, 5.74) is -7.86. The Morgan fingerprint density at radius 3 is 2.04 bits per heavy atom. The Balaban J connectivity index is 2.13. The van der Waals surface area contributed by atoms with Gasteiger partial charge in [0.25, 0.3) is 0 Å². The van der Waals surface area contributed by atoms with Crippen molar-refractivity contribution in [3.63, 3.8) is 0 Å². The largest absolute Gasteiger partial charge is 0.464 e. The fourth-order valence-electron chi connectivity index (χ4n) is 7.88. The smallest absolute Gasteiger partial charge is 0.338 e. The number of benzene rings is 1. The van der Waals surface area contributed by atoms with Gasteiger partial charge in [-0.1, -0.05) is 45.9 Å². The number of hydrogen-bond acceptors (Lipinski definition) is 13. The average Bonchev–Trinajstić information content (AvgIpc) is 3.18. The summed E-state index contributed by atoms with van der Waals surface area (Å²) in [5.74, 6) is -6.34. The highest BCUT2D eigenvalue weighted by Crippen LogP contribution is 2.69. The molecule has 1 aromatic rings. The monoisotopic (exact) mass is 676 g/mol. The average molecular weight is 677 g/mol. The molecular formula is C35H48O13. The van der Waals surface area contributed by atoms with Crippen molar-refractivity contribution in [2.24, 2.45) is 23.2 Å². The molecule has 13 nitrogen and oxygen atoms in total. The first-order valence-electron chi connectivity index (χ1n) is 16.4. The molecular weight excluding hydrogens is 628 g/mol. The van der Waals surface area contributed by atoms with E-state index in [0.29, 0.717) is 6.42 Å². The highest BCUT2D eigenvalue weighted by atomic mass is 16.6. The third kappa shape index (κ3) is 6.09. The number of rotatable bonds is 10. The van der Waals surface area contributed by atoms with E-state index in [1.54, 1.807) is 59.7 Å². The van der Waals surface area contributed by atoms with Gasteiger partial charge in [0.2, 0.25) is 0 Å². The molecule has 13 heteroatoms. The fourth-order valence-corrected chi connectivity index (χ4v) is 7.88. The van der Waals surface area contributed by atoms with E-state index in [9.17, 15) is 34.2 Å². The van der Waals surface area contributed by atoms with Crippen LogP contribution in [0.3, 0.4) is 0 Å². The molecule has 3 fully saturated rings. The molecule has 1 aromatic carbocycles. The molecule has 2 aliphatic carbocycles. The van der Waals surface area contributed by atoms with Gasteiger partial charge >= 0.3 is 29.8 Å². The Labute approximate surface area is 280 Å². The highest BCUT2D eigenvalue weighted by molar-refractivity contribution is 5.89. The molecule has 2 N–H and O–H groups in total. The maximum atomic E-state index is 14.0. The third-order valence-electron chi connectivity index (χ3n) is 10.1. The van der Waals surface area contributed by atoms with Crippen molar-refractivity contribution in [1.82, 2.24) is 0 Å². The third-order valence-corrected chi connectivity index (χ3v) is 10.1. The number of carbonyl (C=O) groups excluding carboxylic acids is 5. The molecule has 1 spiro atoms. The van der Waals surface area contributed by atoms with Crippen LogP contribution in [0.25, 0.3) is 0 Å². The van der Waals surface area contributed by atoms with E-state index < -0.39 is 113 Å². The zero-order valence-corrected chi connectivity index (χ0v) is 29.0. The standard InChI is InChI=1S/C35H48O13/c1-10-19(4)30(40)43-17-34-27(45-21(6)37)23(44-20(5)36)16-33(9,42)35(34)26(38)24(32(7,8)48-35)25(46-29(39)18(2)3)28(34)47-31(41)22-14-12-11-13-15-22/h11-15,18-19,23-28,38,42H,10,16-17H2,1-9H3/t19?,23?,24?,25-,26+,27?,28?,33?,34?,35?/m0/s1. The van der Waals surface area contributed by atoms with Gasteiger partial charge in [0.15, 0.2) is 12.2 Å². The van der Waals surface area contributed by atoms with Gasteiger partial charge in [0.1, 0.15) is 29.8 Å². The van der Waals surface area contributed by atoms with Crippen molar-refractivity contribution in [2.45, 2.75) is 122 Å². The van der Waals surface area contributed by atoms with Crippen molar-refractivity contribution in [2.75, 3.05) is 6.61 Å². The molecule has 266 valence electrons. The first kappa shape index (κ1) is 37.3. The lowest BCUT2D eigenvalue weighted by Crippen LogP contribution is -2.85. The van der Waals surface area contributed by atoms with E-state index in [4.69, 9.17) is 28.4 Å². The second kappa shape index (κ2) is 13.4. The summed E-state index contributed by atoms with van der Waals surface area (Å²) in [6.07, 6.45) is -7.98. The number of aliphatic hydroxyl groups is 2. The van der Waals surface area contributed by atoms with Crippen LogP contribution in [0.15, 0.2) is 30.3 Å². The van der Waals surface area contributed by atoms with Crippen molar-refractivity contribution in [1.29, 1.82) is 0 Å². The quantitative estimate of drug-likeness (QED) is 0.273. The highest BCUT2D eigenvalue weighted by Gasteiger charge is 2.88. The molecule has 2 saturated carbocycles. The van der Waals surface area contributed by atoms with Crippen LogP contribution >= 0.6 is 0 Å². The van der Waals surface area contributed by atoms with Crippen molar-refractivity contribution >= 4 is 29.8 Å². The van der Waals surface area contributed by atoms with Gasteiger partial charge in [-0.15, -0.1) is 0 Å². The SMILES string of the molecule is CCC(C)C(=O)OCC12C(OC(C)=O)C(OC(C)=O)CC(C)(O)C13OC(C)(C)C([C@H](OC(=O)C(C)C)C2OC(=O)c1ccccc1)[C@H]3O. The lowest BCUT2D eigenvalue weighted by Gasteiger charge is -2.66. The number of fused-ring (bicyclic) bond motifs is 1. The summed E-state index contributed by atoms with van der Waals surface area (Å²) in [6, 6.07) is 7.92. The summed E-state index contributed by atoms with van der Waals surface area (Å²) in [6.45, 7) is 12.7. The molecule has 10 atom stereocenters. The molecule has 4 rings (SSSR count). The summed E-state index contributed by atoms with van der Waals surface area (Å²) in [4.78, 5) is 66.1. The minimum absolute atomic E-state index is 0.106. The van der Waals surface area contributed by atoms with Crippen LogP contribution in [-0.4, -0.2) is 94.0 Å². The van der Waals surface area contributed by atoms with E-state index in [2.05, 4.69) is 0 Å². The van der Waals surface area contributed by atoms with Gasteiger partial charge in [-0.2, -0.15) is 0 Å². The minimum Gasteiger partial charge on any atom is -0.464 e. The van der Waals surface area contributed by atoms with Crippen LogP contribution in [-0.2, 0) is 47.6 Å². The molecule has 1 aliphatic heterocycles. The molecule has 8 unspecified atom stereocenters. The number of hydrogen-bond donors (Lipinski definition) is 2. The van der Waals surface area contributed by atoms with Gasteiger partial charge in [-0.3, -0.25) is 19.2 Å². The lowest BCUT2D eigenvalue weighted by molar-refractivity contribution is -0.363. The van der Waals surface area contributed by atoms with Gasteiger partial charge in [-0.05, 0) is 39.3 Å². The number of ether oxygens (including phenoxy) is 6. The number of esters is 5. The van der Waals surface area contributed by atoms with Crippen molar-refractivity contribution in [3.05, 3.63) is 35.9 Å². The molecule has 1 saturated heterocycles. The Morgan fingerprint density at radius 2 is 1.50 bits per heavy atom. The number of aliphatic hydroxyl groups excluding tert-OH is 1. The predicted molar refractivity (Wildman–Crippen MR) is 167 cm³/mol. The number of carbonyl (C=O) groups is 5. The van der Waals surface area contributed by atoms with Gasteiger partial charge in [0, 0.05) is 20.3 Å². The zero-order chi connectivity index (χ0) is 36.0. The summed E-state index contributed by atoms with van der Waals surface area (Å²) in [7, 11) is 0. The minimum atomic E-state index is -2.24. The molecule has 1 heterocycles. The normalized spacial score (nSPS) is 35.5. The van der Waals surface area contributed by atoms with E-state index in [-0.39, 0.29) is 5.56 Å². The first-order chi connectivity index (χ1) is 22.3. The molecule has 48 heavy (non-hydrogen) atoms. The Hall–Kier alpha value is -3.55. The topological polar surface area (TPSA) is 181 Å². The van der Waals surface area contributed by atoms with Gasteiger partial charge in [-0.25, -0.2) is 4.79 Å². The molecule has 0 radical (unpaired) electrons. The maximum Gasteiger partial charge on any atom is 0.338 e. The second-order valence-electron chi connectivity index (χ2n) is 14.3. The van der Waals surface area contributed by atoms with Crippen molar-refractivity contribution in [3.8, 4) is 0 Å². The summed E-state index contributed by atoms with van der Waals surface area (Å²) < 4.78 is 36.7. The van der Waals surface area contributed by atoms with Crippen LogP contribution in [0, 0.1) is 23.2 Å². The molecule has 2 bridgehead atoms. The molecule has 3 aliphatic rings. The summed E-state index contributed by atoms with van der Waals surface area (Å²) >= 11 is 0. The zero-order valence-electron chi connectivity index (χ0n) is 29.0. The van der Waals surface area contributed by atoms with E-state index in [1.807, 2.05) is 0 Å². The van der Waals surface area contributed by atoms with Crippen LogP contribution in [0.5, 0.6) is 0 Å². The Bertz CT molecular complexity index is 1400. The fraction of sp³-hybridized carbons (Fsp3) is 0.686. The Kier molecular flexibility index (Phi) is 10.4. The molecule has 0 aromatic heterocycles. The van der Waals surface area contributed by atoms with E-state index >= 15 is 0 Å². The summed E-state index contributed by atoms with van der Waals surface area (Å²) in [5, 5.41) is 24.9. The first-order valence-corrected chi connectivity index (χ1v) is 16.4. The van der Waals surface area contributed by atoms with Crippen LogP contribution in [0.4, 0.5) is 0 Å². The maximum absolute atomic E-state index is 14.0. The van der Waals surface area contributed by atoms with Crippen LogP contribution in [0.2, 0.25) is 0 Å². The molecule has 0 amide bonds.